The zero-order valence-electron chi connectivity index (χ0n) is 66.8. The Morgan fingerprint density at radius 1 is 0.590 bits per heavy atom. The van der Waals surface area contributed by atoms with E-state index in [0.717, 1.165) is 127 Å². The number of hydrogen-bond acceptors (Lipinski definition) is 15. The molecule has 0 spiro atoms. The summed E-state index contributed by atoms with van der Waals surface area (Å²) in [7, 11) is -2.27. The number of carbonyl (C=O) groups excluding carboxylic acids is 3. The van der Waals surface area contributed by atoms with E-state index in [1.807, 2.05) is 237 Å². The summed E-state index contributed by atoms with van der Waals surface area (Å²) >= 11 is 0. The van der Waals surface area contributed by atoms with Crippen LogP contribution in [-0.2, 0) is 66.8 Å². The second-order valence-corrected chi connectivity index (χ2v) is 30.8. The van der Waals surface area contributed by atoms with Gasteiger partial charge < -0.3 is 47.7 Å². The van der Waals surface area contributed by atoms with E-state index in [0.29, 0.717) is 56.6 Å². The fraction of sp³-hybridized carbons (Fsp3) is 0.245. The number of ketones is 1. The summed E-state index contributed by atoms with van der Waals surface area (Å²) in [6.45, 7) is 21.6. The molecule has 8 aromatic carbocycles. The molecule has 12 rings (SSSR count). The molecule has 1 saturated heterocycles. The molecule has 614 valence electrons. The first kappa shape index (κ1) is 101. The van der Waals surface area contributed by atoms with Crippen molar-refractivity contribution >= 4 is 70.9 Å². The van der Waals surface area contributed by atoms with E-state index < -0.39 is 31.4 Å². The van der Waals surface area contributed by atoms with Gasteiger partial charge in [-0.2, -0.15) is 44.8 Å². The summed E-state index contributed by atoms with van der Waals surface area (Å²) < 4.78 is 61.0. The summed E-state index contributed by atoms with van der Waals surface area (Å²) in [4.78, 5) is 61.8. The smallest absolute Gasteiger partial charge is 1.00 e. The number of nitrogen functional groups attached to an aromatic ring is 1. The van der Waals surface area contributed by atoms with Crippen LogP contribution in [0.4, 0.5) is 0 Å². The number of amides is 1. The Morgan fingerprint density at radius 3 is 1.56 bits per heavy atom. The van der Waals surface area contributed by atoms with Gasteiger partial charge in [0.1, 0.15) is 37.5 Å². The van der Waals surface area contributed by atoms with Crippen LogP contribution in [0.2, 0.25) is 0 Å². The van der Waals surface area contributed by atoms with Crippen molar-refractivity contribution < 1.29 is 67.0 Å². The van der Waals surface area contributed by atoms with Crippen LogP contribution in [0.15, 0.2) is 322 Å². The van der Waals surface area contributed by atoms with E-state index in [1.54, 1.807) is 27.9 Å². The Bertz CT molecular complexity index is 4920. The normalized spacial score (nSPS) is 11.9. The topological polar surface area (TPSA) is 253 Å². The molecule has 2 aromatic heterocycles. The van der Waals surface area contributed by atoms with Crippen LogP contribution in [0.3, 0.4) is 0 Å². The van der Waals surface area contributed by atoms with Crippen molar-refractivity contribution in [1.29, 1.82) is 0 Å². The fourth-order valence-electron chi connectivity index (χ4n) is 11.6. The van der Waals surface area contributed by atoms with Gasteiger partial charge in [-0.05, 0) is 134 Å². The van der Waals surface area contributed by atoms with Crippen molar-refractivity contribution in [3.63, 3.8) is 0 Å². The van der Waals surface area contributed by atoms with Crippen molar-refractivity contribution in [2.24, 2.45) is 0 Å². The molecule has 2 aliphatic heterocycles. The first-order valence-corrected chi connectivity index (χ1v) is 42.4. The third-order valence-corrected chi connectivity index (χ3v) is 17.8. The summed E-state index contributed by atoms with van der Waals surface area (Å²) in [6.07, 6.45) is 25.5. The minimum Gasteiger partial charge on any atom is -1.00 e. The maximum Gasteiger partial charge on any atom is 2.00 e. The predicted octanol–water partition coefficient (Wildman–Crippen LogP) is 14.3. The number of aromatic nitrogens is 2. The number of aldehydes is 1. The van der Waals surface area contributed by atoms with E-state index >= 15 is 0 Å². The molecule has 2 aliphatic rings. The van der Waals surface area contributed by atoms with Gasteiger partial charge in [-0.25, -0.2) is 8.42 Å². The molecule has 2 unspecified atom stereocenters. The molecular weight excluding hydrogens is 1610 g/mol. The standard InChI is InChI=1S/C19H22N2O2.C18H19N3O3.C18H20O3S.C17H18O.C11H12O.C6H5.C4H8O.CH3ClO2S.BrH.Mg/c1-2-3-5-10-18(23)19-16(17(22)13-14-21(19)20)12-11-15-8-6-4-7-9-15;1-2-3-10-20-13-19-21-11-9-15(22)17(16(21)18(20)23)24-12-14-7-5-4-6-8-14;1-3-4-10-15-11-8-9-14-17(15)18(21-22(2,19)20)16-12-6-5-7-13-16;1-2-3-9-14-10-7-8-13-16(14)17(18)15-11-5-4-6-12-15;1-2-3-6-10-7-4-5-8-11(10)9-12;1-2-4-6-5-3-1;1-2-4-5-3-1;1-5(2,3)4;;/h2,4,6-9,13-14H,1,3,5,10-12,20H2;2,4-9,11,19H,1,3,10,12-13H2;3,5-9,11-14,18H,1,4,10H2,2H3;2,4-8,10-13,17-18H,1,3,9H2;2,4-5,7-9H,1,3,6H2;1-5H;1-4H2;1H3;1H;/q;;;;;-1;;;;+2/p-1. The number of pyridine rings is 2. The number of nitrogens with zero attached hydrogens (tertiary/aromatic N) is 3. The monoisotopic (exact) mass is 1720 g/mol. The number of rotatable bonds is 30. The average molecular weight is 1720 g/mol. The van der Waals surface area contributed by atoms with Gasteiger partial charge in [-0.3, -0.25) is 37.5 Å². The second-order valence-electron chi connectivity index (χ2n) is 26.1. The molecule has 1 amide bonds. The van der Waals surface area contributed by atoms with Crippen LogP contribution >= 0.6 is 10.7 Å². The number of halogens is 2. The number of nitrogens with one attached hydrogen (secondary N) is 1. The SMILES string of the molecule is C1CCOC1.C=CCCCC(=O)c1c(CCc2ccccc2)c(=O)ccn1N.C=CCCN1CNn2ccc(=O)c(OCc3ccccc3)c2C1=O.C=CCCc1ccccc1C(O)c1ccccc1.C=CCCc1ccccc1C(OS(C)(=O)=O)c1ccccc1.C=CCCc1ccccc1C=O.CS(=O)(=O)Cl.[Br-].[Mg+2].[c-]1ccccc1. The minimum absolute atomic E-state index is 0. The van der Waals surface area contributed by atoms with E-state index in [1.165, 1.54) is 41.4 Å². The van der Waals surface area contributed by atoms with Crippen LogP contribution in [0.25, 0.3) is 0 Å². The third kappa shape index (κ3) is 39.1. The number of ether oxygens (including phenoxy) is 2. The van der Waals surface area contributed by atoms with Crippen LogP contribution in [0.5, 0.6) is 5.75 Å². The number of nitrogens with two attached hydrogens (primary N) is 1. The maximum absolute atomic E-state index is 12.7. The van der Waals surface area contributed by atoms with E-state index in [-0.39, 0.29) is 80.6 Å². The summed E-state index contributed by atoms with van der Waals surface area (Å²) in [5, 5.41) is 10.4. The van der Waals surface area contributed by atoms with E-state index in [2.05, 4.69) is 61.1 Å². The van der Waals surface area contributed by atoms with Crippen LogP contribution in [0.1, 0.15) is 157 Å². The van der Waals surface area contributed by atoms with Gasteiger partial charge >= 0.3 is 23.1 Å². The number of allylic oxidation sites excluding steroid dienone is 4. The van der Waals surface area contributed by atoms with Crippen molar-refractivity contribution in [2.45, 2.75) is 109 Å². The molecule has 10 aromatic rings. The number of aliphatic hydroxyl groups excluding tert-OH is 1. The van der Waals surface area contributed by atoms with E-state index in [4.69, 9.17) is 19.5 Å². The summed E-state index contributed by atoms with van der Waals surface area (Å²) in [5.74, 6) is 5.66. The Balaban J connectivity index is 0.000000362. The number of aryl methyl sites for hydroxylation is 4. The molecule has 0 bridgehead atoms. The fourth-order valence-corrected chi connectivity index (χ4v) is 12.1. The van der Waals surface area contributed by atoms with Gasteiger partial charge in [-0.1, -0.05) is 225 Å². The van der Waals surface area contributed by atoms with Crippen LogP contribution in [0, 0.1) is 6.07 Å². The van der Waals surface area contributed by atoms with Gasteiger partial charge in [-0.15, -0.1) is 32.9 Å². The van der Waals surface area contributed by atoms with Gasteiger partial charge in [0.05, 0.1) is 12.5 Å². The Labute approximate surface area is 722 Å². The van der Waals surface area contributed by atoms with Crippen LogP contribution < -0.4 is 43.8 Å². The molecule has 4 N–H and O–H groups in total. The molecular formula is C94H107BrClMgN5O13S2. The zero-order valence-corrected chi connectivity index (χ0v) is 72.2. The van der Waals surface area contributed by atoms with Crippen molar-refractivity contribution in [2.75, 3.05) is 50.2 Å². The molecule has 0 aliphatic carbocycles. The average Bonchev–Trinajstić information content (AvgIpc) is 0.795. The molecule has 18 nitrogen and oxygen atoms in total. The van der Waals surface area contributed by atoms with Gasteiger partial charge in [0.15, 0.2) is 22.7 Å². The van der Waals surface area contributed by atoms with Crippen molar-refractivity contribution in [3.8, 4) is 5.75 Å². The summed E-state index contributed by atoms with van der Waals surface area (Å²) in [6, 6.07) is 77.3. The molecule has 1 fully saturated rings. The second kappa shape index (κ2) is 57.9. The molecule has 2 atom stereocenters. The van der Waals surface area contributed by atoms with Crippen LogP contribution in [-0.4, -0.2) is 116 Å². The molecule has 0 radical (unpaired) electrons. The van der Waals surface area contributed by atoms with Crippen molar-refractivity contribution in [3.05, 3.63) is 411 Å². The Morgan fingerprint density at radius 2 is 1.06 bits per heavy atom. The maximum atomic E-state index is 12.7. The first-order valence-electron chi connectivity index (χ1n) is 37.9. The third-order valence-electron chi connectivity index (χ3n) is 17.3. The number of carbonyl (C=O) groups is 3. The Hall–Kier alpha value is -10.1. The largest absolute Gasteiger partial charge is 2.00 e. The predicted molar refractivity (Wildman–Crippen MR) is 471 cm³/mol. The number of benzene rings is 8. The quantitative estimate of drug-likeness (QED) is 0.00435. The van der Waals surface area contributed by atoms with Crippen molar-refractivity contribution in [1.82, 2.24) is 14.3 Å². The Kier molecular flexibility index (Phi) is 50.0. The number of unbranched alkanes of at least 4 members (excludes halogenated alkanes) is 1. The number of aliphatic hydroxyl groups is 1. The zero-order chi connectivity index (χ0) is 83.5. The molecule has 23 heteroatoms. The molecule has 4 heterocycles. The van der Waals surface area contributed by atoms with Gasteiger partial charge in [0.2, 0.25) is 14.5 Å². The summed E-state index contributed by atoms with van der Waals surface area (Å²) in [5.41, 5.74) is 13.5. The number of Topliss-reactive ketones (excluding diaryl/α,β-unsaturated/α-hetero) is 1. The molecule has 117 heavy (non-hydrogen) atoms. The minimum atomic E-state index is -3.58. The first-order chi connectivity index (χ1) is 55.5. The van der Waals surface area contributed by atoms with Gasteiger partial charge in [0.25, 0.3) is 16.0 Å². The number of fused-ring (bicyclic) bond motifs is 1. The molecule has 0 saturated carbocycles. The van der Waals surface area contributed by atoms with Gasteiger partial charge in [0, 0.05) is 72.5 Å². The number of hydrogen-bond donors (Lipinski definition) is 3. The van der Waals surface area contributed by atoms with E-state index in [9.17, 15) is 45.9 Å².